The Labute approximate surface area is 130 Å². The van der Waals surface area contributed by atoms with Gasteiger partial charge in [-0.1, -0.05) is 18.2 Å². The maximum Gasteiger partial charge on any atom is 0.206 e. The lowest BCUT2D eigenvalue weighted by Crippen LogP contribution is -2.23. The van der Waals surface area contributed by atoms with Crippen LogP contribution in [-0.4, -0.2) is 45.8 Å². The van der Waals surface area contributed by atoms with Crippen LogP contribution in [0.15, 0.2) is 58.3 Å². The third-order valence-corrected chi connectivity index (χ3v) is 4.92. The fraction of sp³-hybridized carbons (Fsp3) is 0.200. The van der Waals surface area contributed by atoms with Crippen molar-refractivity contribution >= 4 is 23.1 Å². The lowest BCUT2D eigenvalue weighted by atomic mass is 9.95. The summed E-state index contributed by atoms with van der Waals surface area (Å²) in [5, 5.41) is 18.0. The van der Waals surface area contributed by atoms with Gasteiger partial charge in [-0.05, 0) is 35.8 Å². The Kier molecular flexibility index (Phi) is 5.23. The Balaban J connectivity index is 2.26. The zero-order valence-corrected chi connectivity index (χ0v) is 13.0. The molecule has 5 nitrogen and oxygen atoms in total. The van der Waals surface area contributed by atoms with Gasteiger partial charge in [0.05, 0.1) is 16.4 Å². The highest BCUT2D eigenvalue weighted by atomic mass is 32.2. The molecule has 1 unspecified atom stereocenters. The summed E-state index contributed by atoms with van der Waals surface area (Å²) < 4.78 is 30.3. The molecule has 0 aliphatic heterocycles. The first kappa shape index (κ1) is 16.5. The van der Waals surface area contributed by atoms with E-state index in [4.69, 9.17) is 9.84 Å². The van der Waals surface area contributed by atoms with Gasteiger partial charge in [0.2, 0.25) is 9.84 Å². The van der Waals surface area contributed by atoms with Crippen LogP contribution in [0.1, 0.15) is 0 Å². The second kappa shape index (κ2) is 6.96. The number of ether oxygens (including phenoxy) is 1. The van der Waals surface area contributed by atoms with Gasteiger partial charge < -0.3 is 14.9 Å². The quantitative estimate of drug-likeness (QED) is 0.702. The zero-order valence-electron chi connectivity index (χ0n) is 12.1. The number of hydrogen-bond acceptors (Lipinski definition) is 5. The molecule has 0 heterocycles. The minimum atomic E-state index is -3.56. The molecule has 0 fully saturated rings. The fourth-order valence-corrected chi connectivity index (χ4v) is 3.29. The van der Waals surface area contributed by atoms with E-state index >= 15 is 0 Å². The molecule has 2 N–H and O–H groups in total. The van der Waals surface area contributed by atoms with Crippen LogP contribution in [-0.2, 0) is 9.84 Å². The maximum absolute atomic E-state index is 12.5. The molecule has 2 rings (SSSR count). The monoisotopic (exact) mass is 320 g/mol. The van der Waals surface area contributed by atoms with Crippen molar-refractivity contribution in [1.82, 2.24) is 0 Å². The van der Waals surface area contributed by atoms with Crippen LogP contribution >= 0.6 is 0 Å². The van der Waals surface area contributed by atoms with Crippen molar-refractivity contribution in [2.75, 3.05) is 13.2 Å². The number of aliphatic hydroxyl groups is 2. The average Bonchev–Trinajstić information content (AvgIpc) is 2.54. The van der Waals surface area contributed by atoms with E-state index in [1.807, 2.05) is 0 Å². The first-order valence-corrected chi connectivity index (χ1v) is 8.26. The summed E-state index contributed by atoms with van der Waals surface area (Å²) in [6.07, 6.45) is -0.966. The maximum atomic E-state index is 12.5. The van der Waals surface area contributed by atoms with Gasteiger partial charge in [0.1, 0.15) is 26.3 Å². The molecule has 0 bridgehead atoms. The predicted octanol–water partition coefficient (Wildman–Crippen LogP) is -0.490. The average molecular weight is 320 g/mol. The summed E-state index contributed by atoms with van der Waals surface area (Å²) in [7, 11) is -1.83. The summed E-state index contributed by atoms with van der Waals surface area (Å²) >= 11 is 0. The highest BCUT2D eigenvalue weighted by Gasteiger charge is 2.18. The van der Waals surface area contributed by atoms with Crippen LogP contribution < -0.4 is 10.2 Å². The van der Waals surface area contributed by atoms with Gasteiger partial charge in [-0.15, -0.1) is 0 Å². The molecular formula is C15H17BO5S. The highest BCUT2D eigenvalue weighted by Crippen LogP contribution is 2.21. The van der Waals surface area contributed by atoms with Crippen LogP contribution in [0, 0.1) is 0 Å². The van der Waals surface area contributed by atoms with Crippen molar-refractivity contribution in [3.63, 3.8) is 0 Å². The molecule has 0 spiro atoms. The molecule has 0 radical (unpaired) electrons. The highest BCUT2D eigenvalue weighted by molar-refractivity contribution is 7.91. The molecule has 0 saturated carbocycles. The molecule has 7 heteroatoms. The lowest BCUT2D eigenvalue weighted by molar-refractivity contribution is 0.0539. The molecule has 0 saturated heterocycles. The summed E-state index contributed by atoms with van der Waals surface area (Å²) in [6, 6.07) is 12.8. The molecule has 0 aliphatic rings. The molecule has 2 aromatic carbocycles. The van der Waals surface area contributed by atoms with Crippen LogP contribution in [0.4, 0.5) is 0 Å². The van der Waals surface area contributed by atoms with E-state index in [2.05, 4.69) is 0 Å². The molecule has 116 valence electrons. The third kappa shape index (κ3) is 3.68. The summed E-state index contributed by atoms with van der Waals surface area (Å²) in [5.74, 6) is 0.472. The first-order chi connectivity index (χ1) is 10.4. The Bertz CT molecular complexity index is 731. The smallest absolute Gasteiger partial charge is 0.206 e. The van der Waals surface area contributed by atoms with Crippen molar-refractivity contribution in [2.24, 2.45) is 0 Å². The second-order valence-corrected chi connectivity index (χ2v) is 6.84. The topological polar surface area (TPSA) is 83.8 Å². The number of rotatable bonds is 6. The van der Waals surface area contributed by atoms with Gasteiger partial charge in [-0.25, -0.2) is 8.42 Å². The summed E-state index contributed by atoms with van der Waals surface area (Å²) in [6.45, 7) is -0.443. The Morgan fingerprint density at radius 1 is 1.09 bits per heavy atom. The van der Waals surface area contributed by atoms with Crippen molar-refractivity contribution in [1.29, 1.82) is 0 Å². The normalized spacial score (nSPS) is 12.8. The van der Waals surface area contributed by atoms with E-state index in [1.54, 1.807) is 44.2 Å². The second-order valence-electron chi connectivity index (χ2n) is 4.89. The van der Waals surface area contributed by atoms with Crippen molar-refractivity contribution in [2.45, 2.75) is 15.9 Å². The SMILES string of the molecule is Bc1cc(S(=O)(=O)c2ccccc2)ccc1OCC(O)CO. The van der Waals surface area contributed by atoms with Crippen LogP contribution in [0.2, 0.25) is 0 Å². The predicted molar refractivity (Wildman–Crippen MR) is 85.1 cm³/mol. The van der Waals surface area contributed by atoms with Crippen molar-refractivity contribution in [3.05, 3.63) is 48.5 Å². The minimum Gasteiger partial charge on any atom is -0.491 e. The number of aliphatic hydroxyl groups excluding tert-OH is 2. The van der Waals surface area contributed by atoms with Gasteiger partial charge >= 0.3 is 0 Å². The summed E-state index contributed by atoms with van der Waals surface area (Å²) in [4.78, 5) is 0.421. The van der Waals surface area contributed by atoms with E-state index in [0.29, 0.717) is 11.2 Å². The number of hydrogen-bond donors (Lipinski definition) is 2. The summed E-state index contributed by atoms with van der Waals surface area (Å²) in [5.41, 5.74) is 0.641. The first-order valence-electron chi connectivity index (χ1n) is 6.77. The molecule has 22 heavy (non-hydrogen) atoms. The minimum absolute atomic E-state index is 0.0535. The Morgan fingerprint density at radius 2 is 1.77 bits per heavy atom. The standard InChI is InChI=1S/C15H17BO5S/c16-14-8-13(6-7-15(14)21-10-11(18)9-17)22(19,20)12-4-2-1-3-5-12/h1-8,11,17-18H,9-10,16H2. The van der Waals surface area contributed by atoms with E-state index in [-0.39, 0.29) is 23.0 Å². The van der Waals surface area contributed by atoms with Crippen LogP contribution in [0.5, 0.6) is 5.75 Å². The van der Waals surface area contributed by atoms with Gasteiger partial charge in [0.15, 0.2) is 0 Å². The van der Waals surface area contributed by atoms with Crippen LogP contribution in [0.3, 0.4) is 0 Å². The molecule has 2 aromatic rings. The van der Waals surface area contributed by atoms with E-state index in [1.165, 1.54) is 12.1 Å². The van der Waals surface area contributed by atoms with Crippen molar-refractivity contribution in [3.8, 4) is 5.75 Å². The Hall–Kier alpha value is -1.83. The van der Waals surface area contributed by atoms with Crippen LogP contribution in [0.25, 0.3) is 0 Å². The van der Waals surface area contributed by atoms with Gasteiger partial charge in [0.25, 0.3) is 0 Å². The van der Waals surface area contributed by atoms with E-state index in [9.17, 15) is 13.5 Å². The molecule has 0 aliphatic carbocycles. The van der Waals surface area contributed by atoms with Gasteiger partial charge in [-0.3, -0.25) is 0 Å². The third-order valence-electron chi connectivity index (χ3n) is 3.15. The van der Waals surface area contributed by atoms with Gasteiger partial charge in [-0.2, -0.15) is 0 Å². The fourth-order valence-electron chi connectivity index (χ4n) is 1.93. The van der Waals surface area contributed by atoms with E-state index < -0.39 is 15.9 Å². The largest absolute Gasteiger partial charge is 0.491 e. The molecular weight excluding hydrogens is 303 g/mol. The van der Waals surface area contributed by atoms with Crippen molar-refractivity contribution < 1.29 is 23.4 Å². The lowest BCUT2D eigenvalue weighted by Gasteiger charge is -2.13. The van der Waals surface area contributed by atoms with Gasteiger partial charge in [0, 0.05) is 0 Å². The zero-order chi connectivity index (χ0) is 16.2. The number of benzene rings is 2. The van der Waals surface area contributed by atoms with E-state index in [0.717, 1.165) is 0 Å². The number of sulfone groups is 1. The Morgan fingerprint density at radius 3 is 2.36 bits per heavy atom. The molecule has 0 aromatic heterocycles. The molecule has 1 atom stereocenters. The molecule has 0 amide bonds.